The summed E-state index contributed by atoms with van der Waals surface area (Å²) in [4.78, 5) is 23.2. The first-order valence-electron chi connectivity index (χ1n) is 7.59. The van der Waals surface area contributed by atoms with Crippen molar-refractivity contribution in [1.82, 2.24) is 10.6 Å². The van der Waals surface area contributed by atoms with E-state index >= 15 is 0 Å². The van der Waals surface area contributed by atoms with Crippen LogP contribution >= 0.6 is 0 Å². The van der Waals surface area contributed by atoms with E-state index in [2.05, 4.69) is 10.6 Å². The molecule has 124 valence electrons. The Morgan fingerprint density at radius 1 is 1.17 bits per heavy atom. The number of benzene rings is 1. The number of hydrogen-bond donors (Lipinski definition) is 2. The fraction of sp³-hybridized carbons (Fsp3) is 0.500. The van der Waals surface area contributed by atoms with Crippen LogP contribution in [0, 0.1) is 5.92 Å². The molecule has 0 saturated heterocycles. The minimum Gasteiger partial charge on any atom is -0.351 e. The lowest BCUT2D eigenvalue weighted by Gasteiger charge is -2.12. The first kappa shape index (κ1) is 15.8. The third-order valence-corrected chi connectivity index (χ3v) is 4.17. The monoisotopic (exact) mass is 326 g/mol. The molecule has 0 spiro atoms. The van der Waals surface area contributed by atoms with Gasteiger partial charge in [0.15, 0.2) is 0 Å². The Hall–Kier alpha value is -2.05. The first-order chi connectivity index (χ1) is 10.9. The molecule has 3 rings (SSSR count). The largest absolute Gasteiger partial charge is 0.416 e. The highest BCUT2D eigenvalue weighted by Gasteiger charge is 2.44. The smallest absolute Gasteiger partial charge is 0.351 e. The molecule has 0 aliphatic heterocycles. The summed E-state index contributed by atoms with van der Waals surface area (Å²) in [6, 6.07) is 5.13. The van der Waals surface area contributed by atoms with Crippen molar-refractivity contribution in [2.45, 2.75) is 37.4 Å². The quantitative estimate of drug-likeness (QED) is 0.871. The van der Waals surface area contributed by atoms with Gasteiger partial charge in [0.2, 0.25) is 11.8 Å². The zero-order valence-corrected chi connectivity index (χ0v) is 12.3. The maximum absolute atomic E-state index is 13.0. The molecule has 0 bridgehead atoms. The van der Waals surface area contributed by atoms with E-state index in [1.807, 2.05) is 0 Å². The van der Waals surface area contributed by atoms with E-state index in [0.29, 0.717) is 6.42 Å². The lowest BCUT2D eigenvalue weighted by atomic mass is 10.0. The van der Waals surface area contributed by atoms with Crippen molar-refractivity contribution in [2.75, 3.05) is 6.54 Å². The van der Waals surface area contributed by atoms with Gasteiger partial charge < -0.3 is 10.6 Å². The number of amides is 2. The molecule has 1 aromatic carbocycles. The lowest BCUT2D eigenvalue weighted by molar-refractivity contribution is -0.138. The molecular weight excluding hydrogens is 309 g/mol. The van der Waals surface area contributed by atoms with Crippen LogP contribution in [0.2, 0.25) is 0 Å². The average molecular weight is 326 g/mol. The Labute approximate surface area is 131 Å². The average Bonchev–Trinajstić information content (AvgIpc) is 3.37. The summed E-state index contributed by atoms with van der Waals surface area (Å²) in [6.07, 6.45) is -2.21. The number of carbonyl (C=O) groups is 2. The van der Waals surface area contributed by atoms with Crippen LogP contribution in [0.1, 0.15) is 36.3 Å². The Kier molecular flexibility index (Phi) is 4.04. The lowest BCUT2D eigenvalue weighted by Crippen LogP contribution is -2.38. The molecule has 0 aromatic heterocycles. The van der Waals surface area contributed by atoms with Gasteiger partial charge in [-0.2, -0.15) is 13.2 Å². The van der Waals surface area contributed by atoms with Crippen LogP contribution in [0.25, 0.3) is 0 Å². The molecule has 2 atom stereocenters. The fourth-order valence-electron chi connectivity index (χ4n) is 2.69. The molecule has 1 aromatic rings. The van der Waals surface area contributed by atoms with Gasteiger partial charge >= 0.3 is 6.18 Å². The van der Waals surface area contributed by atoms with Gasteiger partial charge in [0.25, 0.3) is 0 Å². The molecule has 7 heteroatoms. The Morgan fingerprint density at radius 3 is 2.52 bits per heavy atom. The Balaban J connectivity index is 1.53. The molecule has 0 radical (unpaired) electrons. The van der Waals surface area contributed by atoms with Crippen molar-refractivity contribution < 1.29 is 22.8 Å². The zero-order chi connectivity index (χ0) is 16.6. The molecule has 0 unspecified atom stereocenters. The van der Waals surface area contributed by atoms with E-state index in [-0.39, 0.29) is 41.8 Å². The van der Waals surface area contributed by atoms with Crippen LogP contribution in [0.15, 0.2) is 24.3 Å². The van der Waals surface area contributed by atoms with Crippen molar-refractivity contribution in [2.24, 2.45) is 5.92 Å². The highest BCUT2D eigenvalue weighted by molar-refractivity contribution is 5.87. The van der Waals surface area contributed by atoms with Gasteiger partial charge in [-0.25, -0.2) is 0 Å². The van der Waals surface area contributed by atoms with Crippen molar-refractivity contribution in [3.63, 3.8) is 0 Å². The number of hydrogen-bond acceptors (Lipinski definition) is 2. The van der Waals surface area contributed by atoms with E-state index in [4.69, 9.17) is 0 Å². The summed E-state index contributed by atoms with van der Waals surface area (Å²) >= 11 is 0. The van der Waals surface area contributed by atoms with Crippen LogP contribution in [-0.4, -0.2) is 24.4 Å². The van der Waals surface area contributed by atoms with E-state index in [9.17, 15) is 22.8 Å². The first-order valence-corrected chi connectivity index (χ1v) is 7.59. The number of alkyl halides is 3. The molecule has 2 saturated carbocycles. The molecule has 2 aliphatic carbocycles. The number of rotatable bonds is 5. The van der Waals surface area contributed by atoms with Crippen LogP contribution in [0.3, 0.4) is 0 Å². The summed E-state index contributed by atoms with van der Waals surface area (Å²) in [5.41, 5.74) is -0.434. The molecule has 2 fully saturated rings. The summed E-state index contributed by atoms with van der Waals surface area (Å²) in [5, 5.41) is 5.21. The molecule has 23 heavy (non-hydrogen) atoms. The minimum atomic E-state index is -4.40. The van der Waals surface area contributed by atoms with Gasteiger partial charge in [0.1, 0.15) is 0 Å². The summed E-state index contributed by atoms with van der Waals surface area (Å²) in [5.74, 6) is -0.794. The maximum atomic E-state index is 13.0. The van der Waals surface area contributed by atoms with Crippen molar-refractivity contribution in [1.29, 1.82) is 0 Å². The third kappa shape index (κ3) is 3.83. The molecule has 2 amide bonds. The van der Waals surface area contributed by atoms with Gasteiger partial charge in [-0.1, -0.05) is 18.2 Å². The third-order valence-electron chi connectivity index (χ3n) is 4.17. The second-order valence-corrected chi connectivity index (χ2v) is 6.09. The second kappa shape index (κ2) is 5.86. The molecule has 4 nitrogen and oxygen atoms in total. The molecule has 2 aliphatic rings. The number of halogens is 3. The highest BCUT2D eigenvalue weighted by Crippen LogP contribution is 2.46. The van der Waals surface area contributed by atoms with Gasteiger partial charge in [-0.15, -0.1) is 0 Å². The fourth-order valence-corrected chi connectivity index (χ4v) is 2.69. The topological polar surface area (TPSA) is 58.2 Å². The highest BCUT2D eigenvalue weighted by atomic mass is 19.4. The molecular formula is C16H17F3N2O2. The van der Waals surface area contributed by atoms with E-state index in [1.165, 1.54) is 12.1 Å². The second-order valence-electron chi connectivity index (χ2n) is 6.09. The molecule has 0 heterocycles. The standard InChI is InChI=1S/C16H17F3N2O2/c17-16(18,19)12-4-2-1-3-10(12)11-7-13(11)21-14(22)8-20-15(23)9-5-6-9/h1-4,9,11,13H,5-8H2,(H,20,23)(H,21,22)/t11-,13+/m1/s1. The van der Waals surface area contributed by atoms with Crippen LogP contribution in [-0.2, 0) is 15.8 Å². The maximum Gasteiger partial charge on any atom is 0.416 e. The van der Waals surface area contributed by atoms with E-state index in [0.717, 1.165) is 18.9 Å². The predicted octanol–water partition coefficient (Wildman–Crippen LogP) is 2.20. The van der Waals surface area contributed by atoms with Gasteiger partial charge in [0, 0.05) is 17.9 Å². The van der Waals surface area contributed by atoms with Crippen molar-refractivity contribution in [3.05, 3.63) is 35.4 Å². The summed E-state index contributed by atoms with van der Waals surface area (Å²) in [6.45, 7) is -0.126. The SMILES string of the molecule is O=C(CNC(=O)C1CC1)N[C@H]1C[C@@H]1c1ccccc1C(F)(F)F. The predicted molar refractivity (Wildman–Crippen MR) is 76.5 cm³/mol. The number of carbonyl (C=O) groups excluding carboxylic acids is 2. The Morgan fingerprint density at radius 2 is 1.87 bits per heavy atom. The summed E-state index contributed by atoms with van der Waals surface area (Å²) < 4.78 is 38.9. The van der Waals surface area contributed by atoms with E-state index < -0.39 is 11.7 Å². The van der Waals surface area contributed by atoms with Gasteiger partial charge in [-0.3, -0.25) is 9.59 Å². The molecule has 2 N–H and O–H groups in total. The number of nitrogens with one attached hydrogen (secondary N) is 2. The van der Waals surface area contributed by atoms with Crippen LogP contribution in [0.5, 0.6) is 0 Å². The normalized spacial score (nSPS) is 23.3. The van der Waals surface area contributed by atoms with E-state index in [1.54, 1.807) is 6.07 Å². The summed E-state index contributed by atoms with van der Waals surface area (Å²) in [7, 11) is 0. The Bertz CT molecular complexity index is 626. The van der Waals surface area contributed by atoms with Crippen LogP contribution in [0.4, 0.5) is 13.2 Å². The van der Waals surface area contributed by atoms with Gasteiger partial charge in [0.05, 0.1) is 12.1 Å². The van der Waals surface area contributed by atoms with Crippen LogP contribution < -0.4 is 10.6 Å². The van der Waals surface area contributed by atoms with Gasteiger partial charge in [-0.05, 0) is 30.9 Å². The van der Waals surface area contributed by atoms with Crippen molar-refractivity contribution in [3.8, 4) is 0 Å². The zero-order valence-electron chi connectivity index (χ0n) is 12.3. The minimum absolute atomic E-state index is 0.0233. The van der Waals surface area contributed by atoms with Crippen molar-refractivity contribution >= 4 is 11.8 Å².